The Morgan fingerprint density at radius 1 is 1.23 bits per heavy atom. The first-order chi connectivity index (χ1) is 12.4. The molecule has 1 heterocycles. The minimum Gasteiger partial charge on any atom is -0.382 e. The van der Waals surface area contributed by atoms with Crippen LogP contribution in [0.4, 0.5) is 15.8 Å². The molecule has 0 spiro atoms. The lowest BCUT2D eigenvalue weighted by Crippen LogP contribution is -2.42. The number of nitrogens with zero attached hydrogens (tertiary/aromatic N) is 1. The summed E-state index contributed by atoms with van der Waals surface area (Å²) in [4.78, 5) is 14.7. The highest BCUT2D eigenvalue weighted by atomic mass is 35.5. The molecule has 0 saturated carbocycles. The highest BCUT2D eigenvalue weighted by Gasteiger charge is 2.22. The van der Waals surface area contributed by atoms with Gasteiger partial charge in [0.1, 0.15) is 5.82 Å². The number of amides is 1. The number of benzene rings is 2. The lowest BCUT2D eigenvalue weighted by molar-refractivity contribution is 0.102. The molecule has 3 rings (SSSR count). The van der Waals surface area contributed by atoms with E-state index < -0.39 is 5.82 Å². The predicted octanol–water partition coefficient (Wildman–Crippen LogP) is 4.63. The summed E-state index contributed by atoms with van der Waals surface area (Å²) in [5.41, 5.74) is 1.88. The predicted molar refractivity (Wildman–Crippen MR) is 105 cm³/mol. The number of carbonyl (C=O) groups excluding carboxylic acids is 1. The van der Waals surface area contributed by atoms with E-state index in [1.54, 1.807) is 0 Å². The van der Waals surface area contributed by atoms with Crippen molar-refractivity contribution >= 4 is 28.9 Å². The zero-order valence-corrected chi connectivity index (χ0v) is 15.7. The summed E-state index contributed by atoms with van der Waals surface area (Å²) in [7, 11) is 2.15. The van der Waals surface area contributed by atoms with Gasteiger partial charge < -0.3 is 15.5 Å². The molecular weight excluding hydrogens is 353 g/mol. The van der Waals surface area contributed by atoms with Gasteiger partial charge in [-0.2, -0.15) is 0 Å². The fourth-order valence-electron chi connectivity index (χ4n) is 3.21. The second-order valence-corrected chi connectivity index (χ2v) is 7.26. The molecule has 138 valence electrons. The summed E-state index contributed by atoms with van der Waals surface area (Å²) in [5.74, 6) is -0.829. The summed E-state index contributed by atoms with van der Waals surface area (Å²) in [5, 5.41) is 6.46. The number of hydrogen-bond acceptors (Lipinski definition) is 3. The van der Waals surface area contributed by atoms with Gasteiger partial charge >= 0.3 is 0 Å². The van der Waals surface area contributed by atoms with Crippen molar-refractivity contribution in [2.24, 2.45) is 0 Å². The zero-order chi connectivity index (χ0) is 18.7. The second-order valence-electron chi connectivity index (χ2n) is 6.85. The summed E-state index contributed by atoms with van der Waals surface area (Å²) in [6.07, 6.45) is 2.17. The van der Waals surface area contributed by atoms with Gasteiger partial charge in [0.05, 0.1) is 10.6 Å². The van der Waals surface area contributed by atoms with Crippen molar-refractivity contribution in [2.45, 2.75) is 31.8 Å². The number of halogens is 2. The fraction of sp³-hybridized carbons (Fsp3) is 0.350. The van der Waals surface area contributed by atoms with Crippen molar-refractivity contribution in [3.8, 4) is 0 Å². The highest BCUT2D eigenvalue weighted by molar-refractivity contribution is 6.34. The van der Waals surface area contributed by atoms with Crippen LogP contribution in [0.25, 0.3) is 0 Å². The number of rotatable bonds is 4. The Morgan fingerprint density at radius 2 is 2.00 bits per heavy atom. The van der Waals surface area contributed by atoms with Crippen LogP contribution in [0, 0.1) is 5.82 Å². The highest BCUT2D eigenvalue weighted by Crippen LogP contribution is 2.23. The molecule has 2 aromatic carbocycles. The van der Waals surface area contributed by atoms with Crippen LogP contribution in [0.2, 0.25) is 5.02 Å². The minimum absolute atomic E-state index is 0.0945. The third kappa shape index (κ3) is 4.54. The van der Waals surface area contributed by atoms with Gasteiger partial charge in [-0.3, -0.25) is 4.79 Å². The Labute approximate surface area is 158 Å². The quantitative estimate of drug-likeness (QED) is 0.819. The first-order valence-corrected chi connectivity index (χ1v) is 9.13. The van der Waals surface area contributed by atoms with Crippen LogP contribution in [0.1, 0.15) is 30.1 Å². The van der Waals surface area contributed by atoms with Gasteiger partial charge in [-0.1, -0.05) is 17.7 Å². The Kier molecular flexibility index (Phi) is 5.79. The number of carbonyl (C=O) groups is 1. The van der Waals surface area contributed by atoms with Crippen LogP contribution in [0.3, 0.4) is 0 Å². The number of hydrogen-bond donors (Lipinski definition) is 2. The molecule has 1 aliphatic rings. The first kappa shape index (κ1) is 18.7. The van der Waals surface area contributed by atoms with E-state index in [0.717, 1.165) is 31.1 Å². The van der Waals surface area contributed by atoms with Crippen molar-refractivity contribution in [2.75, 3.05) is 24.2 Å². The average Bonchev–Trinajstić information content (AvgIpc) is 2.58. The van der Waals surface area contributed by atoms with Crippen LogP contribution in [-0.4, -0.2) is 36.5 Å². The van der Waals surface area contributed by atoms with E-state index >= 15 is 0 Å². The SMILES string of the molecule is CC1CC(Nc2cccc(NC(=O)c3ccc(F)cc3Cl)c2)CCN1C. The maximum atomic E-state index is 13.1. The molecular formula is C20H23ClFN3O. The molecule has 1 aliphatic heterocycles. The van der Waals surface area contributed by atoms with Gasteiger partial charge in [0.25, 0.3) is 5.91 Å². The van der Waals surface area contributed by atoms with Crippen molar-refractivity contribution in [1.29, 1.82) is 0 Å². The van der Waals surface area contributed by atoms with Crippen molar-refractivity contribution in [3.63, 3.8) is 0 Å². The maximum Gasteiger partial charge on any atom is 0.257 e. The number of anilines is 2. The van der Waals surface area contributed by atoms with Crippen LogP contribution in [0.15, 0.2) is 42.5 Å². The minimum atomic E-state index is -0.467. The Balaban J connectivity index is 1.66. The Morgan fingerprint density at radius 3 is 2.73 bits per heavy atom. The molecule has 4 nitrogen and oxygen atoms in total. The molecule has 0 radical (unpaired) electrons. The van der Waals surface area contributed by atoms with Crippen molar-refractivity contribution in [1.82, 2.24) is 4.90 Å². The van der Waals surface area contributed by atoms with Gasteiger partial charge in [0.15, 0.2) is 0 Å². The topological polar surface area (TPSA) is 44.4 Å². The molecule has 2 aromatic rings. The number of nitrogens with one attached hydrogen (secondary N) is 2. The molecule has 1 fully saturated rings. The third-order valence-corrected chi connectivity index (χ3v) is 5.19. The zero-order valence-electron chi connectivity index (χ0n) is 14.9. The van der Waals surface area contributed by atoms with E-state index in [1.807, 2.05) is 24.3 Å². The average molecular weight is 376 g/mol. The smallest absolute Gasteiger partial charge is 0.257 e. The van der Waals surface area contributed by atoms with Gasteiger partial charge in [-0.15, -0.1) is 0 Å². The van der Waals surface area contributed by atoms with E-state index in [-0.39, 0.29) is 16.5 Å². The molecule has 6 heteroatoms. The molecule has 2 atom stereocenters. The normalized spacial score (nSPS) is 20.6. The van der Waals surface area contributed by atoms with E-state index in [4.69, 9.17) is 11.6 Å². The Bertz CT molecular complexity index is 798. The van der Waals surface area contributed by atoms with Crippen molar-refractivity contribution < 1.29 is 9.18 Å². The monoisotopic (exact) mass is 375 g/mol. The number of likely N-dealkylation sites (tertiary alicyclic amines) is 1. The van der Waals surface area contributed by atoms with E-state index in [0.29, 0.717) is 17.8 Å². The first-order valence-electron chi connectivity index (χ1n) is 8.75. The van der Waals surface area contributed by atoms with Gasteiger partial charge in [-0.25, -0.2) is 4.39 Å². The summed E-state index contributed by atoms with van der Waals surface area (Å²) < 4.78 is 13.1. The largest absolute Gasteiger partial charge is 0.382 e. The fourth-order valence-corrected chi connectivity index (χ4v) is 3.47. The molecule has 0 bridgehead atoms. The molecule has 2 N–H and O–H groups in total. The van der Waals surface area contributed by atoms with Crippen LogP contribution in [0.5, 0.6) is 0 Å². The standard InChI is InChI=1S/C20H23ClFN3O/c1-13-10-17(8-9-25(13)2)23-15-4-3-5-16(12-15)24-20(26)18-7-6-14(22)11-19(18)21/h3-7,11-13,17,23H,8-10H2,1-2H3,(H,24,26). The van der Waals surface area contributed by atoms with E-state index in [9.17, 15) is 9.18 Å². The van der Waals surface area contributed by atoms with Crippen LogP contribution < -0.4 is 10.6 Å². The summed E-state index contributed by atoms with van der Waals surface area (Å²) >= 11 is 5.96. The second kappa shape index (κ2) is 8.06. The van der Waals surface area contributed by atoms with Gasteiger partial charge in [0, 0.05) is 30.0 Å². The van der Waals surface area contributed by atoms with Crippen molar-refractivity contribution in [3.05, 3.63) is 58.9 Å². The summed E-state index contributed by atoms with van der Waals surface area (Å²) in [6, 6.07) is 12.3. The van der Waals surface area contributed by atoms with Crippen LogP contribution in [-0.2, 0) is 0 Å². The summed E-state index contributed by atoms with van der Waals surface area (Å²) in [6.45, 7) is 3.30. The van der Waals surface area contributed by atoms with Gasteiger partial charge in [0.2, 0.25) is 0 Å². The van der Waals surface area contributed by atoms with E-state index in [2.05, 4.69) is 29.5 Å². The lowest BCUT2D eigenvalue weighted by atomic mass is 9.98. The third-order valence-electron chi connectivity index (χ3n) is 4.88. The molecule has 1 amide bonds. The lowest BCUT2D eigenvalue weighted by Gasteiger charge is -2.35. The molecule has 0 aromatic heterocycles. The van der Waals surface area contributed by atoms with E-state index in [1.165, 1.54) is 12.1 Å². The Hall–Kier alpha value is -2.11. The van der Waals surface area contributed by atoms with Crippen LogP contribution >= 0.6 is 11.6 Å². The molecule has 0 aliphatic carbocycles. The molecule has 26 heavy (non-hydrogen) atoms. The molecule has 1 saturated heterocycles. The maximum absolute atomic E-state index is 13.1. The van der Waals surface area contributed by atoms with Gasteiger partial charge in [-0.05, 0) is 63.2 Å². The number of piperidine rings is 1. The molecule has 2 unspecified atom stereocenters.